The molecule has 0 spiro atoms. The number of amides is 1. The van der Waals surface area contributed by atoms with E-state index in [4.69, 9.17) is 21.1 Å². The predicted octanol–water partition coefficient (Wildman–Crippen LogP) is 5.98. The van der Waals surface area contributed by atoms with Crippen LogP contribution in [0, 0.1) is 0 Å². The molecule has 0 radical (unpaired) electrons. The number of sulfonamides is 1. The molecule has 4 aromatic carbocycles. The zero-order chi connectivity index (χ0) is 27.0. The lowest BCUT2D eigenvalue weighted by molar-refractivity contribution is -0.118. The maximum Gasteiger partial charge on any atom is 0.262 e. The Kier molecular flexibility index (Phi) is 9.02. The normalized spacial score (nSPS) is 11.9. The summed E-state index contributed by atoms with van der Waals surface area (Å²) in [5, 5.41) is 2.81. The molecule has 196 valence electrons. The van der Waals surface area contributed by atoms with Crippen molar-refractivity contribution in [1.29, 1.82) is 0 Å². The quantitative estimate of drug-likeness (QED) is 0.240. The van der Waals surface area contributed by atoms with Gasteiger partial charge in [-0.1, -0.05) is 72.3 Å². The van der Waals surface area contributed by atoms with Gasteiger partial charge in [0.15, 0.2) is 6.61 Å². The highest BCUT2D eigenvalue weighted by Gasteiger charge is 2.20. The monoisotopic (exact) mass is 550 g/mol. The summed E-state index contributed by atoms with van der Waals surface area (Å²) in [4.78, 5) is 12.4. The first kappa shape index (κ1) is 27.2. The highest BCUT2D eigenvalue weighted by atomic mass is 35.5. The van der Waals surface area contributed by atoms with Gasteiger partial charge in [-0.25, -0.2) is 13.1 Å². The van der Waals surface area contributed by atoms with E-state index in [1.54, 1.807) is 31.2 Å². The van der Waals surface area contributed by atoms with Gasteiger partial charge in [-0.3, -0.25) is 4.79 Å². The van der Waals surface area contributed by atoms with Gasteiger partial charge >= 0.3 is 0 Å². The number of nitrogens with one attached hydrogen (secondary N) is 2. The van der Waals surface area contributed by atoms with Crippen molar-refractivity contribution in [2.24, 2.45) is 0 Å². The molecule has 0 aliphatic rings. The maximum atomic E-state index is 12.8. The summed E-state index contributed by atoms with van der Waals surface area (Å²) in [6, 6.07) is 29.7. The van der Waals surface area contributed by atoms with Crippen LogP contribution in [0.1, 0.15) is 24.1 Å². The van der Waals surface area contributed by atoms with E-state index in [0.717, 1.165) is 11.1 Å². The molecule has 0 fully saturated rings. The topological polar surface area (TPSA) is 93.7 Å². The average molecular weight is 551 g/mol. The first-order chi connectivity index (χ1) is 18.3. The van der Waals surface area contributed by atoms with Crippen LogP contribution in [0.3, 0.4) is 0 Å². The number of anilines is 1. The van der Waals surface area contributed by atoms with E-state index >= 15 is 0 Å². The van der Waals surface area contributed by atoms with Crippen molar-refractivity contribution in [3.8, 4) is 11.5 Å². The third-order valence-corrected chi connectivity index (χ3v) is 7.42. The van der Waals surface area contributed by atoms with Crippen LogP contribution in [0.15, 0.2) is 108 Å². The molecule has 0 unspecified atom stereocenters. The molecule has 2 N–H and O–H groups in total. The number of benzene rings is 4. The van der Waals surface area contributed by atoms with E-state index in [-0.39, 0.29) is 22.3 Å². The fourth-order valence-corrected chi connectivity index (χ4v) is 5.15. The average Bonchev–Trinajstić information content (AvgIpc) is 2.93. The molecule has 7 nitrogen and oxygen atoms in total. The Morgan fingerprint density at radius 1 is 0.868 bits per heavy atom. The molecule has 38 heavy (non-hydrogen) atoms. The summed E-state index contributed by atoms with van der Waals surface area (Å²) in [6.07, 6.45) is 0. The number of ether oxygens (including phenoxy) is 2. The second kappa shape index (κ2) is 12.6. The first-order valence-corrected chi connectivity index (χ1v) is 13.7. The van der Waals surface area contributed by atoms with E-state index in [1.807, 2.05) is 60.7 Å². The molecule has 1 atom stereocenters. The third-order valence-electron chi connectivity index (χ3n) is 5.59. The second-order valence-corrected chi connectivity index (χ2v) is 10.6. The van der Waals surface area contributed by atoms with Crippen LogP contribution >= 0.6 is 11.6 Å². The second-order valence-electron chi connectivity index (χ2n) is 8.48. The van der Waals surface area contributed by atoms with E-state index in [0.29, 0.717) is 18.0 Å². The summed E-state index contributed by atoms with van der Waals surface area (Å²) >= 11 is 6.26. The van der Waals surface area contributed by atoms with Crippen molar-refractivity contribution < 1.29 is 22.7 Å². The van der Waals surface area contributed by atoms with Crippen LogP contribution in [0.25, 0.3) is 0 Å². The van der Waals surface area contributed by atoms with Crippen molar-refractivity contribution >= 4 is 33.2 Å². The zero-order valence-corrected chi connectivity index (χ0v) is 22.2. The van der Waals surface area contributed by atoms with Gasteiger partial charge in [-0.15, -0.1) is 0 Å². The molecule has 4 aromatic rings. The van der Waals surface area contributed by atoms with Crippen molar-refractivity contribution in [3.05, 3.63) is 119 Å². The Labute approximate surface area is 227 Å². The lowest BCUT2D eigenvalue weighted by atomic mass is 10.1. The van der Waals surface area contributed by atoms with Crippen LogP contribution in [-0.2, 0) is 21.4 Å². The number of halogens is 1. The van der Waals surface area contributed by atoms with Crippen molar-refractivity contribution in [3.63, 3.8) is 0 Å². The number of hydrogen-bond donors (Lipinski definition) is 2. The van der Waals surface area contributed by atoms with Gasteiger partial charge in [0.05, 0.1) is 9.92 Å². The molecule has 0 saturated carbocycles. The molecule has 0 saturated heterocycles. The van der Waals surface area contributed by atoms with Gasteiger partial charge in [0.25, 0.3) is 5.91 Å². The van der Waals surface area contributed by atoms with Crippen molar-refractivity contribution in [1.82, 2.24) is 4.72 Å². The predicted molar refractivity (Wildman–Crippen MR) is 148 cm³/mol. The van der Waals surface area contributed by atoms with Gasteiger partial charge in [0, 0.05) is 11.7 Å². The standard InChI is InChI=1S/C29H27ClN2O5S/c1-21(23-10-6-3-7-11-23)32-38(34,35)26-16-17-28(27(30)18-26)37-20-29(33)31-24-12-14-25(15-13-24)36-19-22-8-4-2-5-9-22/h2-18,21,32H,19-20H2,1H3,(H,31,33)/t21-/m0/s1. The zero-order valence-electron chi connectivity index (χ0n) is 20.6. The van der Waals surface area contributed by atoms with Crippen LogP contribution < -0.4 is 19.5 Å². The van der Waals surface area contributed by atoms with E-state index in [2.05, 4.69) is 10.0 Å². The SMILES string of the molecule is C[C@H](NS(=O)(=O)c1ccc(OCC(=O)Nc2ccc(OCc3ccccc3)cc2)c(Cl)c1)c1ccccc1. The number of carbonyl (C=O) groups excluding carboxylic acids is 1. The Bertz CT molecular complexity index is 1460. The molecule has 1 amide bonds. The maximum absolute atomic E-state index is 12.8. The molecule has 0 aliphatic heterocycles. The summed E-state index contributed by atoms with van der Waals surface area (Å²) in [6.45, 7) is 1.90. The van der Waals surface area contributed by atoms with E-state index in [1.165, 1.54) is 18.2 Å². The number of rotatable bonds is 11. The summed E-state index contributed by atoms with van der Waals surface area (Å²) < 4.78 is 39.5. The van der Waals surface area contributed by atoms with Crippen molar-refractivity contribution in [2.45, 2.75) is 24.5 Å². The largest absolute Gasteiger partial charge is 0.489 e. The molecule has 9 heteroatoms. The van der Waals surface area contributed by atoms with Gasteiger partial charge in [-0.05, 0) is 60.5 Å². The first-order valence-electron chi connectivity index (χ1n) is 11.9. The number of carbonyl (C=O) groups is 1. The molecule has 0 aromatic heterocycles. The summed E-state index contributed by atoms with van der Waals surface area (Å²) in [7, 11) is -3.82. The lowest BCUT2D eigenvalue weighted by Crippen LogP contribution is -2.27. The smallest absolute Gasteiger partial charge is 0.262 e. The Morgan fingerprint density at radius 3 is 2.18 bits per heavy atom. The molecule has 0 aliphatic carbocycles. The van der Waals surface area contributed by atoms with Gasteiger partial charge in [0.2, 0.25) is 10.0 Å². The highest BCUT2D eigenvalue weighted by Crippen LogP contribution is 2.28. The van der Waals surface area contributed by atoms with Gasteiger partial charge < -0.3 is 14.8 Å². The Hall–Kier alpha value is -3.85. The molecular weight excluding hydrogens is 524 g/mol. The van der Waals surface area contributed by atoms with E-state index in [9.17, 15) is 13.2 Å². The van der Waals surface area contributed by atoms with E-state index < -0.39 is 22.0 Å². The molecule has 0 bridgehead atoms. The van der Waals surface area contributed by atoms with Crippen LogP contribution in [-0.4, -0.2) is 20.9 Å². The minimum Gasteiger partial charge on any atom is -0.489 e. The Morgan fingerprint density at radius 2 is 1.53 bits per heavy atom. The summed E-state index contributed by atoms with van der Waals surface area (Å²) in [5.41, 5.74) is 2.48. The van der Waals surface area contributed by atoms with Gasteiger partial charge in [-0.2, -0.15) is 0 Å². The molecular formula is C29H27ClN2O5S. The third kappa shape index (κ3) is 7.58. The van der Waals surface area contributed by atoms with Crippen molar-refractivity contribution in [2.75, 3.05) is 11.9 Å². The van der Waals surface area contributed by atoms with Gasteiger partial charge in [0.1, 0.15) is 18.1 Å². The highest BCUT2D eigenvalue weighted by molar-refractivity contribution is 7.89. The summed E-state index contributed by atoms with van der Waals surface area (Å²) in [5.74, 6) is 0.480. The van der Waals surface area contributed by atoms with Crippen LogP contribution in [0.5, 0.6) is 11.5 Å². The molecule has 0 heterocycles. The molecule has 4 rings (SSSR count). The number of hydrogen-bond acceptors (Lipinski definition) is 5. The van der Waals surface area contributed by atoms with Crippen LogP contribution in [0.4, 0.5) is 5.69 Å². The Balaban J connectivity index is 1.28. The minimum absolute atomic E-state index is 0.00310. The fraction of sp³-hybridized carbons (Fsp3) is 0.138. The minimum atomic E-state index is -3.82. The fourth-order valence-electron chi connectivity index (χ4n) is 3.59. The lowest BCUT2D eigenvalue weighted by Gasteiger charge is -2.15. The van der Waals surface area contributed by atoms with Crippen LogP contribution in [0.2, 0.25) is 5.02 Å².